The summed E-state index contributed by atoms with van der Waals surface area (Å²) in [7, 11) is 1.68. The summed E-state index contributed by atoms with van der Waals surface area (Å²) in [6, 6.07) is 8.19. The van der Waals surface area contributed by atoms with Crippen LogP contribution < -0.4 is 4.74 Å². The second kappa shape index (κ2) is 8.61. The normalized spacial score (nSPS) is 8.00. The van der Waals surface area contributed by atoms with Crippen LogP contribution in [0.5, 0.6) is 5.75 Å². The van der Waals surface area contributed by atoms with Gasteiger partial charge in [0.1, 0.15) is 5.75 Å². The topological polar surface area (TPSA) is 9.23 Å². The van der Waals surface area contributed by atoms with Crippen LogP contribution in [-0.4, -0.2) is 7.11 Å². The van der Waals surface area contributed by atoms with Crippen molar-refractivity contribution in [3.8, 4) is 5.75 Å². The average molecular weight is 198 g/mol. The fourth-order valence-electron chi connectivity index (χ4n) is 0.989. The minimum atomic E-state index is 0. The molecule has 1 heteroatoms. The molecule has 0 saturated carbocycles. The maximum absolute atomic E-state index is 5.05. The van der Waals surface area contributed by atoms with E-state index in [9.17, 15) is 0 Å². The summed E-state index contributed by atoms with van der Waals surface area (Å²) in [6.07, 6.45) is 0. The summed E-state index contributed by atoms with van der Waals surface area (Å²) in [5.74, 6) is 1.52. The van der Waals surface area contributed by atoms with E-state index >= 15 is 0 Å². The summed E-state index contributed by atoms with van der Waals surface area (Å²) in [5, 5.41) is 0. The Labute approximate surface area is 90.1 Å². The third-order valence-corrected chi connectivity index (χ3v) is 1.78. The first-order valence-electron chi connectivity index (χ1n) is 3.88. The van der Waals surface area contributed by atoms with E-state index in [1.54, 1.807) is 7.11 Å². The maximum Gasteiger partial charge on any atom is 0.118 e. The van der Waals surface area contributed by atoms with Crippen molar-refractivity contribution in [2.45, 2.75) is 42.0 Å². The first kappa shape index (κ1) is 18.7. The SMILES string of the molecule is C.C.C.COc1ccc(C(C)C)cc1. The molecule has 0 heterocycles. The molecule has 0 amide bonds. The van der Waals surface area contributed by atoms with Gasteiger partial charge in [-0.3, -0.25) is 0 Å². The first-order chi connectivity index (χ1) is 5.24. The van der Waals surface area contributed by atoms with Crippen LogP contribution in [0.4, 0.5) is 0 Å². The number of methoxy groups -OCH3 is 1. The third kappa shape index (κ3) is 4.90. The lowest BCUT2D eigenvalue weighted by Gasteiger charge is -2.05. The zero-order chi connectivity index (χ0) is 8.27. The van der Waals surface area contributed by atoms with Crippen LogP contribution in [0.1, 0.15) is 47.6 Å². The van der Waals surface area contributed by atoms with Gasteiger partial charge in [0.05, 0.1) is 7.11 Å². The number of rotatable bonds is 2. The molecule has 0 spiro atoms. The monoisotopic (exact) mass is 198 g/mol. The smallest absolute Gasteiger partial charge is 0.118 e. The van der Waals surface area contributed by atoms with Crippen LogP contribution in [0.15, 0.2) is 24.3 Å². The standard InChI is InChI=1S/C10H14O.3CH4/c1-8(2)9-4-6-10(11-3)7-5-9;;;/h4-8H,1-3H3;3*1H4. The molecule has 14 heavy (non-hydrogen) atoms. The summed E-state index contributed by atoms with van der Waals surface area (Å²) in [5.41, 5.74) is 1.35. The van der Waals surface area contributed by atoms with E-state index in [4.69, 9.17) is 4.74 Å². The second-order valence-corrected chi connectivity index (χ2v) is 2.93. The molecular formula is C13H26O. The molecule has 0 atom stereocenters. The Morgan fingerprint density at radius 1 is 0.929 bits per heavy atom. The molecule has 0 aliphatic rings. The summed E-state index contributed by atoms with van der Waals surface area (Å²) in [6.45, 7) is 4.36. The van der Waals surface area contributed by atoms with Crippen molar-refractivity contribution in [2.24, 2.45) is 0 Å². The second-order valence-electron chi connectivity index (χ2n) is 2.93. The van der Waals surface area contributed by atoms with E-state index in [1.165, 1.54) is 5.56 Å². The van der Waals surface area contributed by atoms with Crippen molar-refractivity contribution < 1.29 is 4.74 Å². The molecule has 1 aromatic rings. The maximum atomic E-state index is 5.05. The Bertz CT molecular complexity index is 211. The molecule has 0 fully saturated rings. The summed E-state index contributed by atoms with van der Waals surface area (Å²) >= 11 is 0. The van der Waals surface area contributed by atoms with Crippen LogP contribution in [0.3, 0.4) is 0 Å². The van der Waals surface area contributed by atoms with Gasteiger partial charge in [0, 0.05) is 0 Å². The van der Waals surface area contributed by atoms with Gasteiger partial charge in [-0.05, 0) is 23.6 Å². The molecule has 0 saturated heterocycles. The van der Waals surface area contributed by atoms with Crippen molar-refractivity contribution in [3.63, 3.8) is 0 Å². The van der Waals surface area contributed by atoms with Crippen molar-refractivity contribution in [1.29, 1.82) is 0 Å². The molecule has 0 unspecified atom stereocenters. The van der Waals surface area contributed by atoms with Crippen LogP contribution in [0.2, 0.25) is 0 Å². The van der Waals surface area contributed by atoms with Gasteiger partial charge in [0.15, 0.2) is 0 Å². The minimum Gasteiger partial charge on any atom is -0.497 e. The number of hydrogen-bond acceptors (Lipinski definition) is 1. The zero-order valence-corrected chi connectivity index (χ0v) is 7.29. The van der Waals surface area contributed by atoms with Gasteiger partial charge in [-0.25, -0.2) is 0 Å². The van der Waals surface area contributed by atoms with Crippen LogP contribution >= 0.6 is 0 Å². The van der Waals surface area contributed by atoms with Crippen molar-refractivity contribution in [3.05, 3.63) is 29.8 Å². The van der Waals surface area contributed by atoms with Crippen LogP contribution in [-0.2, 0) is 0 Å². The highest BCUT2D eigenvalue weighted by atomic mass is 16.5. The fraction of sp³-hybridized carbons (Fsp3) is 0.538. The van der Waals surface area contributed by atoms with Crippen molar-refractivity contribution in [1.82, 2.24) is 0 Å². The number of benzene rings is 1. The largest absolute Gasteiger partial charge is 0.497 e. The lowest BCUT2D eigenvalue weighted by molar-refractivity contribution is 0.414. The average Bonchev–Trinajstić information content (AvgIpc) is 2.05. The van der Waals surface area contributed by atoms with E-state index < -0.39 is 0 Å². The highest BCUT2D eigenvalue weighted by Crippen LogP contribution is 2.17. The molecule has 1 nitrogen and oxygen atoms in total. The summed E-state index contributed by atoms with van der Waals surface area (Å²) < 4.78 is 5.05. The predicted octanol–water partition coefficient (Wildman–Crippen LogP) is 4.73. The van der Waals surface area contributed by atoms with Gasteiger partial charge >= 0.3 is 0 Å². The van der Waals surface area contributed by atoms with Gasteiger partial charge < -0.3 is 4.74 Å². The van der Waals surface area contributed by atoms with Crippen molar-refractivity contribution in [2.75, 3.05) is 7.11 Å². The van der Waals surface area contributed by atoms with Gasteiger partial charge in [0.25, 0.3) is 0 Å². The lowest BCUT2D eigenvalue weighted by Crippen LogP contribution is -1.87. The van der Waals surface area contributed by atoms with E-state index in [1.807, 2.05) is 12.1 Å². The Kier molecular flexibility index (Phi) is 11.5. The van der Waals surface area contributed by atoms with Gasteiger partial charge in [-0.2, -0.15) is 0 Å². The first-order valence-corrected chi connectivity index (χ1v) is 3.88. The molecule has 0 aromatic heterocycles. The molecule has 0 N–H and O–H groups in total. The van der Waals surface area contributed by atoms with E-state index in [-0.39, 0.29) is 22.3 Å². The van der Waals surface area contributed by atoms with Crippen LogP contribution in [0.25, 0.3) is 0 Å². The summed E-state index contributed by atoms with van der Waals surface area (Å²) in [4.78, 5) is 0. The molecule has 0 radical (unpaired) electrons. The van der Waals surface area contributed by atoms with Gasteiger partial charge in [-0.15, -0.1) is 0 Å². The molecule has 0 aliphatic heterocycles. The quantitative estimate of drug-likeness (QED) is 0.667. The minimum absolute atomic E-state index is 0. The van der Waals surface area contributed by atoms with E-state index in [0.717, 1.165) is 5.75 Å². The molecule has 84 valence electrons. The Hall–Kier alpha value is -0.980. The molecule has 0 aliphatic carbocycles. The van der Waals surface area contributed by atoms with E-state index in [0.29, 0.717) is 5.92 Å². The number of ether oxygens (including phenoxy) is 1. The van der Waals surface area contributed by atoms with Gasteiger partial charge in [-0.1, -0.05) is 48.3 Å². The third-order valence-electron chi connectivity index (χ3n) is 1.78. The number of hydrogen-bond donors (Lipinski definition) is 0. The van der Waals surface area contributed by atoms with E-state index in [2.05, 4.69) is 26.0 Å². The lowest BCUT2D eigenvalue weighted by atomic mass is 10.0. The van der Waals surface area contributed by atoms with Crippen LogP contribution in [0, 0.1) is 0 Å². The highest BCUT2D eigenvalue weighted by Gasteiger charge is 1.97. The zero-order valence-electron chi connectivity index (χ0n) is 7.29. The highest BCUT2D eigenvalue weighted by molar-refractivity contribution is 5.28. The molecule has 0 bridgehead atoms. The Balaban J connectivity index is -0.000000403. The predicted molar refractivity (Wildman–Crippen MR) is 67.3 cm³/mol. The Morgan fingerprint density at radius 2 is 1.36 bits per heavy atom. The fourth-order valence-corrected chi connectivity index (χ4v) is 0.989. The Morgan fingerprint density at radius 3 is 1.64 bits per heavy atom. The molecular weight excluding hydrogens is 172 g/mol. The molecule has 1 aromatic carbocycles. The van der Waals surface area contributed by atoms with Crippen molar-refractivity contribution >= 4 is 0 Å². The van der Waals surface area contributed by atoms with Gasteiger partial charge in [0.2, 0.25) is 0 Å². The molecule has 1 rings (SSSR count).